The highest BCUT2D eigenvalue weighted by Crippen LogP contribution is 2.14. The van der Waals surface area contributed by atoms with Crippen LogP contribution in [0.4, 0.5) is 5.69 Å². The first-order valence-electron chi connectivity index (χ1n) is 5.77. The van der Waals surface area contributed by atoms with Crippen LogP contribution in [0.15, 0.2) is 24.3 Å². The van der Waals surface area contributed by atoms with Crippen molar-refractivity contribution >= 4 is 5.69 Å². The van der Waals surface area contributed by atoms with Gasteiger partial charge in [-0.2, -0.15) is 5.26 Å². The molecule has 86 valence electrons. The van der Waals surface area contributed by atoms with E-state index in [1.165, 1.54) is 5.69 Å². The molecule has 0 heterocycles. The largest absolute Gasteiger partial charge is 0.371 e. The Morgan fingerprint density at radius 3 is 2.44 bits per heavy atom. The minimum Gasteiger partial charge on any atom is -0.371 e. The topological polar surface area (TPSA) is 39.1 Å². The van der Waals surface area contributed by atoms with Gasteiger partial charge in [0.05, 0.1) is 11.6 Å². The van der Waals surface area contributed by atoms with E-state index >= 15 is 0 Å². The lowest BCUT2D eigenvalue weighted by atomic mass is 10.2. The Balaban J connectivity index is 2.60. The van der Waals surface area contributed by atoms with Crippen molar-refractivity contribution in [3.05, 3.63) is 29.8 Å². The molecule has 0 aliphatic rings. The molecule has 0 bridgehead atoms. The van der Waals surface area contributed by atoms with E-state index in [2.05, 4.69) is 30.1 Å². The molecule has 1 N–H and O–H groups in total. The average molecular weight is 217 g/mol. The predicted octanol–water partition coefficient (Wildman–Crippen LogP) is 1.99. The van der Waals surface area contributed by atoms with Gasteiger partial charge in [0, 0.05) is 25.3 Å². The number of rotatable bonds is 6. The molecule has 3 heteroatoms. The maximum atomic E-state index is 8.72. The smallest absolute Gasteiger partial charge is 0.0991 e. The molecule has 1 aromatic rings. The average Bonchev–Trinajstić information content (AvgIpc) is 2.35. The molecule has 0 radical (unpaired) electrons. The Morgan fingerprint density at radius 2 is 1.94 bits per heavy atom. The van der Waals surface area contributed by atoms with Crippen LogP contribution in [0.1, 0.15) is 19.4 Å². The summed E-state index contributed by atoms with van der Waals surface area (Å²) in [6, 6.07) is 9.88. The fraction of sp³-hybridized carbons (Fsp3) is 0.462. The number of nitrogens with zero attached hydrogens (tertiary/aromatic N) is 2. The maximum Gasteiger partial charge on any atom is 0.0991 e. The monoisotopic (exact) mass is 217 g/mol. The molecular formula is C13H19N3. The quantitative estimate of drug-likeness (QED) is 0.741. The van der Waals surface area contributed by atoms with Crippen molar-refractivity contribution in [2.75, 3.05) is 31.1 Å². The van der Waals surface area contributed by atoms with E-state index in [1.807, 2.05) is 24.3 Å². The van der Waals surface area contributed by atoms with Crippen molar-refractivity contribution in [3.63, 3.8) is 0 Å². The van der Waals surface area contributed by atoms with E-state index in [-0.39, 0.29) is 0 Å². The minimum atomic E-state index is 0.714. The van der Waals surface area contributed by atoms with Gasteiger partial charge in [0.2, 0.25) is 0 Å². The van der Waals surface area contributed by atoms with Crippen LogP contribution in [-0.4, -0.2) is 26.2 Å². The van der Waals surface area contributed by atoms with Crippen LogP contribution in [-0.2, 0) is 0 Å². The normalized spacial score (nSPS) is 9.81. The van der Waals surface area contributed by atoms with Gasteiger partial charge >= 0.3 is 0 Å². The molecule has 0 fully saturated rings. The number of benzene rings is 1. The van der Waals surface area contributed by atoms with Gasteiger partial charge in [-0.1, -0.05) is 6.92 Å². The number of anilines is 1. The molecule has 0 spiro atoms. The standard InChI is InChI=1S/C13H19N3/c1-3-15-9-10-16(4-2)13-7-5-12(11-14)6-8-13/h5-8,15H,3-4,9-10H2,1-2H3. The van der Waals surface area contributed by atoms with Crippen molar-refractivity contribution in [3.8, 4) is 6.07 Å². The van der Waals surface area contributed by atoms with E-state index < -0.39 is 0 Å². The summed E-state index contributed by atoms with van der Waals surface area (Å²) in [5, 5.41) is 12.0. The number of likely N-dealkylation sites (N-methyl/N-ethyl adjacent to an activating group) is 2. The van der Waals surface area contributed by atoms with Crippen molar-refractivity contribution in [2.24, 2.45) is 0 Å². The number of nitrogens with one attached hydrogen (secondary N) is 1. The third-order valence-corrected chi connectivity index (χ3v) is 2.55. The third-order valence-electron chi connectivity index (χ3n) is 2.55. The van der Waals surface area contributed by atoms with E-state index in [9.17, 15) is 0 Å². The van der Waals surface area contributed by atoms with Gasteiger partial charge in [-0.15, -0.1) is 0 Å². The van der Waals surface area contributed by atoms with E-state index in [0.29, 0.717) is 5.56 Å². The molecule has 0 aromatic heterocycles. The summed E-state index contributed by atoms with van der Waals surface area (Å²) < 4.78 is 0. The van der Waals surface area contributed by atoms with E-state index in [4.69, 9.17) is 5.26 Å². The van der Waals surface area contributed by atoms with Gasteiger partial charge < -0.3 is 10.2 Å². The Morgan fingerprint density at radius 1 is 1.25 bits per heavy atom. The van der Waals surface area contributed by atoms with Gasteiger partial charge in [-0.25, -0.2) is 0 Å². The van der Waals surface area contributed by atoms with Crippen LogP contribution < -0.4 is 10.2 Å². The zero-order chi connectivity index (χ0) is 11.8. The zero-order valence-corrected chi connectivity index (χ0v) is 10.0. The fourth-order valence-corrected chi connectivity index (χ4v) is 1.61. The molecule has 0 amide bonds. The third kappa shape index (κ3) is 3.56. The predicted molar refractivity (Wildman–Crippen MR) is 67.6 cm³/mol. The summed E-state index contributed by atoms with van der Waals surface area (Å²) in [5.74, 6) is 0. The molecule has 1 aromatic carbocycles. The highest BCUT2D eigenvalue weighted by molar-refractivity contribution is 5.49. The van der Waals surface area contributed by atoms with Gasteiger partial charge in [0.15, 0.2) is 0 Å². The summed E-state index contributed by atoms with van der Waals surface area (Å²) in [4.78, 5) is 2.30. The minimum absolute atomic E-state index is 0.714. The molecule has 0 aliphatic carbocycles. The van der Waals surface area contributed by atoms with Gasteiger partial charge in [-0.3, -0.25) is 0 Å². The highest BCUT2D eigenvalue weighted by Gasteiger charge is 2.03. The summed E-state index contributed by atoms with van der Waals surface area (Å²) in [6.07, 6.45) is 0. The fourth-order valence-electron chi connectivity index (χ4n) is 1.61. The Labute approximate surface area is 97.7 Å². The highest BCUT2D eigenvalue weighted by atomic mass is 15.1. The molecular weight excluding hydrogens is 198 g/mol. The first-order valence-corrected chi connectivity index (χ1v) is 5.77. The van der Waals surface area contributed by atoms with Gasteiger partial charge in [0.25, 0.3) is 0 Å². The van der Waals surface area contributed by atoms with Gasteiger partial charge in [-0.05, 0) is 37.7 Å². The zero-order valence-electron chi connectivity index (χ0n) is 10.0. The second-order valence-electron chi connectivity index (χ2n) is 3.59. The summed E-state index contributed by atoms with van der Waals surface area (Å²) >= 11 is 0. The van der Waals surface area contributed by atoms with E-state index in [1.54, 1.807) is 0 Å². The molecule has 0 saturated heterocycles. The van der Waals surface area contributed by atoms with Crippen LogP contribution >= 0.6 is 0 Å². The molecule has 3 nitrogen and oxygen atoms in total. The number of hydrogen-bond acceptors (Lipinski definition) is 3. The first-order chi connectivity index (χ1) is 7.81. The Bertz CT molecular complexity index is 337. The Hall–Kier alpha value is -1.53. The second-order valence-corrected chi connectivity index (χ2v) is 3.59. The van der Waals surface area contributed by atoms with Crippen LogP contribution in [0.3, 0.4) is 0 Å². The van der Waals surface area contributed by atoms with Crippen LogP contribution in [0.25, 0.3) is 0 Å². The second kappa shape index (κ2) is 6.86. The summed E-state index contributed by atoms with van der Waals surface area (Å²) in [5.41, 5.74) is 1.89. The first kappa shape index (κ1) is 12.5. The lowest BCUT2D eigenvalue weighted by Gasteiger charge is -2.23. The lowest BCUT2D eigenvalue weighted by molar-refractivity contribution is 0.688. The van der Waals surface area contributed by atoms with Crippen molar-refractivity contribution in [2.45, 2.75) is 13.8 Å². The molecule has 0 saturated carbocycles. The molecule has 16 heavy (non-hydrogen) atoms. The summed E-state index contributed by atoms with van der Waals surface area (Å²) in [7, 11) is 0. The number of hydrogen-bond donors (Lipinski definition) is 1. The molecule has 0 aliphatic heterocycles. The van der Waals surface area contributed by atoms with Crippen molar-refractivity contribution < 1.29 is 0 Å². The molecule has 1 rings (SSSR count). The lowest BCUT2D eigenvalue weighted by Crippen LogP contribution is -2.31. The van der Waals surface area contributed by atoms with Crippen LogP contribution in [0, 0.1) is 11.3 Å². The van der Waals surface area contributed by atoms with Gasteiger partial charge in [0.1, 0.15) is 0 Å². The van der Waals surface area contributed by atoms with Crippen molar-refractivity contribution in [1.29, 1.82) is 5.26 Å². The molecule has 0 unspecified atom stereocenters. The Kier molecular flexibility index (Phi) is 5.38. The SMILES string of the molecule is CCNCCN(CC)c1ccc(C#N)cc1. The van der Waals surface area contributed by atoms with Crippen LogP contribution in [0.2, 0.25) is 0 Å². The maximum absolute atomic E-state index is 8.72. The number of nitriles is 1. The molecule has 0 atom stereocenters. The van der Waals surface area contributed by atoms with Crippen LogP contribution in [0.5, 0.6) is 0 Å². The van der Waals surface area contributed by atoms with E-state index in [0.717, 1.165) is 26.2 Å². The van der Waals surface area contributed by atoms with Crippen molar-refractivity contribution in [1.82, 2.24) is 5.32 Å². The summed E-state index contributed by atoms with van der Waals surface area (Å²) in [6.45, 7) is 8.23.